The van der Waals surface area contributed by atoms with Gasteiger partial charge in [0.1, 0.15) is 8.07 Å². The van der Waals surface area contributed by atoms with Crippen LogP contribution in [0.25, 0.3) is 0 Å². The van der Waals surface area contributed by atoms with Crippen LogP contribution in [0.3, 0.4) is 0 Å². The molecule has 0 spiro atoms. The molecule has 0 amide bonds. The van der Waals surface area contributed by atoms with Crippen LogP contribution in [0.2, 0.25) is 39.3 Å². The van der Waals surface area contributed by atoms with Crippen molar-refractivity contribution < 1.29 is 0 Å². The minimum absolute atomic E-state index is 0.611. The van der Waals surface area contributed by atoms with Crippen molar-refractivity contribution in [1.82, 2.24) is 0 Å². The summed E-state index contributed by atoms with van der Waals surface area (Å²) in [4.78, 5) is 0. The zero-order chi connectivity index (χ0) is 15.2. The van der Waals surface area contributed by atoms with E-state index in [1.54, 1.807) is 0 Å². The lowest BCUT2D eigenvalue weighted by Gasteiger charge is -2.23. The van der Waals surface area contributed by atoms with Crippen LogP contribution in [0.15, 0.2) is 60.7 Å². The van der Waals surface area contributed by atoms with Gasteiger partial charge in [0.25, 0.3) is 0 Å². The highest BCUT2D eigenvalue weighted by atomic mass is 28.3. The van der Waals surface area contributed by atoms with Crippen LogP contribution < -0.4 is 10.4 Å². The Hall–Kier alpha value is -1.13. The molecule has 2 rings (SSSR count). The van der Waals surface area contributed by atoms with Gasteiger partial charge >= 0.3 is 0 Å². The lowest BCUT2D eigenvalue weighted by molar-refractivity contribution is 1.67. The third kappa shape index (κ3) is 5.89. The monoisotopic (exact) mass is 300 g/mol. The molecule has 0 unspecified atom stereocenters. The molecule has 2 aromatic carbocycles. The maximum Gasteiger partial charge on any atom is 0.112 e. The van der Waals surface area contributed by atoms with Crippen molar-refractivity contribution in [3.05, 3.63) is 60.7 Å². The van der Waals surface area contributed by atoms with Crippen LogP contribution in [-0.4, -0.2) is 16.1 Å². The lowest BCUT2D eigenvalue weighted by Crippen LogP contribution is -2.52. The van der Waals surface area contributed by atoms with Crippen molar-refractivity contribution in [1.29, 1.82) is 0 Å². The van der Waals surface area contributed by atoms with E-state index in [1.807, 2.05) is 0 Å². The molecular formula is C18H28Si2. The number of rotatable bonds is 2. The van der Waals surface area contributed by atoms with Crippen molar-refractivity contribution in [2.75, 3.05) is 0 Å². The van der Waals surface area contributed by atoms with E-state index in [0.29, 0.717) is 0 Å². The molecule has 2 aromatic rings. The number of hydrogen-bond donors (Lipinski definition) is 0. The smallest absolute Gasteiger partial charge is 0.0697 e. The third-order valence-corrected chi connectivity index (χ3v) is 6.54. The highest BCUT2D eigenvalue weighted by molar-refractivity contribution is 7.00. The fourth-order valence-electron chi connectivity index (χ4n) is 1.88. The predicted molar refractivity (Wildman–Crippen MR) is 98.8 cm³/mol. The predicted octanol–water partition coefficient (Wildman–Crippen LogP) is 4.46. The van der Waals surface area contributed by atoms with Crippen molar-refractivity contribution in [2.24, 2.45) is 0 Å². The molecule has 0 atom stereocenters. The Morgan fingerprint density at radius 2 is 0.750 bits per heavy atom. The molecule has 0 saturated heterocycles. The van der Waals surface area contributed by atoms with Gasteiger partial charge in [-0.25, -0.2) is 0 Å². The van der Waals surface area contributed by atoms with Crippen molar-refractivity contribution in [2.45, 2.75) is 39.3 Å². The summed E-state index contributed by atoms with van der Waals surface area (Å²) in [6.45, 7) is 14.1. The molecule has 0 N–H and O–H groups in total. The van der Waals surface area contributed by atoms with Gasteiger partial charge in [-0.15, -0.1) is 0 Å². The van der Waals surface area contributed by atoms with Crippen molar-refractivity contribution in [3.63, 3.8) is 0 Å². The van der Waals surface area contributed by atoms with Gasteiger partial charge in [0, 0.05) is 8.07 Å². The maximum absolute atomic E-state index is 2.40. The molecule has 2 heteroatoms. The lowest BCUT2D eigenvalue weighted by atomic mass is 10.4. The quantitative estimate of drug-likeness (QED) is 0.718. The van der Waals surface area contributed by atoms with Gasteiger partial charge in [-0.2, -0.15) is 0 Å². The van der Waals surface area contributed by atoms with Gasteiger partial charge in [-0.05, 0) is 0 Å². The van der Waals surface area contributed by atoms with Gasteiger partial charge in [-0.1, -0.05) is 110 Å². The Kier molecular flexibility index (Phi) is 5.96. The Bertz CT molecular complexity index is 448. The first kappa shape index (κ1) is 16.9. The van der Waals surface area contributed by atoms with Crippen LogP contribution in [0.5, 0.6) is 0 Å². The molecular weight excluding hydrogens is 272 g/mol. The van der Waals surface area contributed by atoms with E-state index < -0.39 is 16.1 Å². The third-order valence-electron chi connectivity index (χ3n) is 2.99. The second-order valence-corrected chi connectivity index (χ2v) is 17.8. The summed E-state index contributed by atoms with van der Waals surface area (Å²) in [6, 6.07) is 21.7. The summed E-state index contributed by atoms with van der Waals surface area (Å²) in [7, 11) is -2.07. The van der Waals surface area contributed by atoms with Crippen LogP contribution >= 0.6 is 0 Å². The second kappa shape index (κ2) is 7.05. The summed E-state index contributed by atoms with van der Waals surface area (Å²) >= 11 is 0. The van der Waals surface area contributed by atoms with Crippen molar-refractivity contribution >= 4 is 26.5 Å². The van der Waals surface area contributed by atoms with Crippen LogP contribution in [-0.2, 0) is 0 Å². The summed E-state index contributed by atoms with van der Waals surface area (Å²) in [5.74, 6) is 0. The molecule has 0 radical (unpaired) electrons. The average Bonchev–Trinajstić information content (AvgIpc) is 2.39. The van der Waals surface area contributed by atoms with Crippen LogP contribution in [0, 0.1) is 0 Å². The van der Waals surface area contributed by atoms with E-state index >= 15 is 0 Å². The highest BCUT2D eigenvalue weighted by Crippen LogP contribution is 2.04. The van der Waals surface area contributed by atoms with Gasteiger partial charge in [0.05, 0.1) is 0 Å². The second-order valence-electron chi connectivity index (χ2n) is 7.36. The molecule has 0 aliphatic heterocycles. The summed E-state index contributed by atoms with van der Waals surface area (Å²) in [5.41, 5.74) is 0. The molecule has 0 heterocycles. The number of benzene rings is 2. The number of hydrogen-bond acceptors (Lipinski definition) is 0. The Morgan fingerprint density at radius 1 is 0.500 bits per heavy atom. The minimum atomic E-state index is -1.46. The molecule has 0 fully saturated rings. The van der Waals surface area contributed by atoms with Crippen LogP contribution in [0.4, 0.5) is 0 Å². The summed E-state index contributed by atoms with van der Waals surface area (Å²) in [6.07, 6.45) is 0. The fraction of sp³-hybridized carbons (Fsp3) is 0.333. The Morgan fingerprint density at radius 3 is 1.00 bits per heavy atom. The fourth-order valence-corrected chi connectivity index (χ4v) is 4.26. The first-order chi connectivity index (χ1) is 9.21. The molecule has 108 valence electrons. The topological polar surface area (TPSA) is 0 Å². The van der Waals surface area contributed by atoms with Gasteiger partial charge in [0.2, 0.25) is 0 Å². The highest BCUT2D eigenvalue weighted by Gasteiger charge is 2.24. The zero-order valence-electron chi connectivity index (χ0n) is 13.8. The zero-order valence-corrected chi connectivity index (χ0v) is 15.8. The van der Waals surface area contributed by atoms with E-state index in [0.717, 1.165) is 0 Å². The Balaban J connectivity index is 0.000000347. The summed E-state index contributed by atoms with van der Waals surface area (Å²) < 4.78 is 0. The summed E-state index contributed by atoms with van der Waals surface area (Å²) in [5, 5.41) is 2.99. The molecule has 0 bridgehead atoms. The molecule has 0 nitrogen and oxygen atoms in total. The molecule has 0 aromatic heterocycles. The van der Waals surface area contributed by atoms with Crippen LogP contribution in [0.1, 0.15) is 0 Å². The maximum atomic E-state index is 2.40. The van der Waals surface area contributed by atoms with E-state index in [-0.39, 0.29) is 0 Å². The van der Waals surface area contributed by atoms with E-state index in [4.69, 9.17) is 0 Å². The average molecular weight is 301 g/mol. The molecule has 0 saturated carbocycles. The van der Waals surface area contributed by atoms with Crippen molar-refractivity contribution in [3.8, 4) is 0 Å². The standard InChI is InChI=1S/C14H16Si.C4H12Si/c1-15(2,13-9-5-3-6-10-13)14-11-7-4-8-12-14;1-5(2,3)4/h3-12H,1-2H3;1-4H3. The van der Waals surface area contributed by atoms with E-state index in [1.165, 1.54) is 10.4 Å². The van der Waals surface area contributed by atoms with Gasteiger partial charge in [-0.3, -0.25) is 0 Å². The molecule has 0 aliphatic carbocycles. The first-order valence-corrected chi connectivity index (χ1v) is 14.3. The largest absolute Gasteiger partial charge is 0.112 e. The Labute approximate surface area is 126 Å². The first-order valence-electron chi connectivity index (χ1n) is 7.32. The normalized spacial score (nSPS) is 11.5. The minimum Gasteiger partial charge on any atom is -0.0697 e. The molecule has 20 heavy (non-hydrogen) atoms. The SMILES string of the molecule is C[Si](C)(C)C.C[Si](C)(c1ccccc1)c1ccccc1. The molecule has 0 aliphatic rings. The van der Waals surface area contributed by atoms with E-state index in [9.17, 15) is 0 Å². The van der Waals surface area contributed by atoms with E-state index in [2.05, 4.69) is 99.9 Å². The van der Waals surface area contributed by atoms with Gasteiger partial charge in [0.15, 0.2) is 0 Å². The van der Waals surface area contributed by atoms with Gasteiger partial charge < -0.3 is 0 Å².